The Morgan fingerprint density at radius 1 is 0.583 bits per heavy atom. The zero-order valence-corrected chi connectivity index (χ0v) is 14.0. The fraction of sp³-hybridized carbons (Fsp3) is 1.00. The summed E-state index contributed by atoms with van der Waals surface area (Å²) >= 11 is 4.40. The van der Waals surface area contributed by atoms with Crippen molar-refractivity contribution >= 4 is 35.9 Å². The lowest BCUT2D eigenvalue weighted by molar-refractivity contribution is -0.439. The van der Waals surface area contributed by atoms with Gasteiger partial charge in [-0.1, -0.05) is 6.92 Å². The molecule has 1 atom stereocenters. The van der Waals surface area contributed by atoms with Crippen LogP contribution in [-0.2, 0) is 0 Å². The van der Waals surface area contributed by atoms with Crippen molar-refractivity contribution in [3.05, 3.63) is 0 Å². The number of alkyl halides is 13. The third-order valence-corrected chi connectivity index (χ3v) is 4.49. The standard InChI is InChI=1S/C8H4BBr2F13/c1-2(9(10)11)3(12,13)4(14,15)5(16,17)6(18,19)7(20,21)8(22,23)24/h2H,1H3. The zero-order chi connectivity index (χ0) is 20.2. The van der Waals surface area contributed by atoms with Crippen molar-refractivity contribution in [2.45, 2.75) is 48.5 Å². The second-order valence-corrected chi connectivity index (χ2v) is 7.74. The van der Waals surface area contributed by atoms with E-state index in [1.165, 1.54) is 0 Å². The van der Waals surface area contributed by atoms with Crippen LogP contribution in [0.25, 0.3) is 0 Å². The van der Waals surface area contributed by atoms with Gasteiger partial charge in [0, 0.05) is 5.82 Å². The lowest BCUT2D eigenvalue weighted by atomic mass is 9.77. The molecule has 0 aromatic carbocycles. The van der Waals surface area contributed by atoms with Crippen molar-refractivity contribution in [1.29, 1.82) is 0 Å². The molecular weight excluding hydrogens is 514 g/mol. The molecule has 0 aromatic heterocycles. The Bertz CT molecular complexity index is 457. The fourth-order valence-corrected chi connectivity index (χ4v) is 1.89. The smallest absolute Gasteiger partial charge is 0.200 e. The molecule has 0 bridgehead atoms. The Balaban J connectivity index is 6.31. The van der Waals surface area contributed by atoms with Gasteiger partial charge >= 0.3 is 40.1 Å². The first kappa shape index (κ1) is 24.1. The molecule has 0 fully saturated rings. The van der Waals surface area contributed by atoms with Crippen molar-refractivity contribution in [2.24, 2.45) is 0 Å². The van der Waals surface area contributed by atoms with Crippen LogP contribution in [0.5, 0.6) is 0 Å². The molecule has 0 N–H and O–H groups in total. The Hall–Kier alpha value is 0.115. The summed E-state index contributed by atoms with van der Waals surface area (Å²) < 4.78 is 164. The molecular formula is C8H4BBr2F13. The molecule has 16 heteroatoms. The van der Waals surface area contributed by atoms with E-state index in [0.717, 1.165) is 0 Å². The fourth-order valence-electron chi connectivity index (χ4n) is 1.23. The molecule has 0 nitrogen and oxygen atoms in total. The Labute approximate surface area is 142 Å². The van der Waals surface area contributed by atoms with Crippen molar-refractivity contribution in [3.63, 3.8) is 0 Å². The van der Waals surface area contributed by atoms with Gasteiger partial charge in [0.1, 0.15) is 0 Å². The molecule has 0 spiro atoms. The van der Waals surface area contributed by atoms with E-state index in [0.29, 0.717) is 0 Å². The molecule has 0 rings (SSSR count). The average molecular weight is 518 g/mol. The predicted octanol–water partition coefficient (Wildman–Crippen LogP) is 6.39. The van der Waals surface area contributed by atoms with Crippen LogP contribution in [0.1, 0.15) is 6.92 Å². The first-order valence-corrected chi connectivity index (χ1v) is 7.17. The summed E-state index contributed by atoms with van der Waals surface area (Å²) in [6.07, 6.45) is -7.40. The van der Waals surface area contributed by atoms with Crippen LogP contribution in [-0.4, -0.2) is 40.1 Å². The van der Waals surface area contributed by atoms with Gasteiger partial charge in [0.15, 0.2) is 0 Å². The average Bonchev–Trinajstić information content (AvgIpc) is 2.35. The quantitative estimate of drug-likeness (QED) is 0.283. The lowest BCUT2D eigenvalue weighted by Gasteiger charge is -2.41. The van der Waals surface area contributed by atoms with Crippen LogP contribution < -0.4 is 0 Å². The van der Waals surface area contributed by atoms with Crippen LogP contribution in [0.15, 0.2) is 0 Å². The molecule has 0 aliphatic heterocycles. The first-order chi connectivity index (χ1) is 10.1. The minimum Gasteiger partial charge on any atom is -0.200 e. The van der Waals surface area contributed by atoms with E-state index in [1.54, 1.807) is 0 Å². The van der Waals surface area contributed by atoms with Gasteiger partial charge in [-0.25, -0.2) is 8.78 Å². The van der Waals surface area contributed by atoms with Crippen LogP contribution in [0.2, 0.25) is 5.82 Å². The van der Waals surface area contributed by atoms with Crippen LogP contribution in [0.4, 0.5) is 57.1 Å². The minimum atomic E-state index is -7.86. The second-order valence-electron chi connectivity index (χ2n) is 4.54. The topological polar surface area (TPSA) is 0 Å². The summed E-state index contributed by atoms with van der Waals surface area (Å²) in [4.78, 5) is 0. The number of hydrogen-bond acceptors (Lipinski definition) is 0. The minimum absolute atomic E-state index is 0.137. The third-order valence-electron chi connectivity index (χ3n) is 2.91. The van der Waals surface area contributed by atoms with E-state index < -0.39 is 46.0 Å². The number of rotatable bonds is 6. The molecule has 0 saturated carbocycles. The maximum absolute atomic E-state index is 13.4. The third kappa shape index (κ3) is 3.25. The molecule has 0 aliphatic carbocycles. The van der Waals surface area contributed by atoms with Crippen LogP contribution in [0, 0.1) is 0 Å². The van der Waals surface area contributed by atoms with E-state index >= 15 is 0 Å². The van der Waals surface area contributed by atoms with E-state index in [4.69, 9.17) is 0 Å². The van der Waals surface area contributed by atoms with Gasteiger partial charge in [0.25, 0.3) is 0 Å². The highest BCUT2D eigenvalue weighted by Gasteiger charge is 2.91. The van der Waals surface area contributed by atoms with E-state index in [2.05, 4.69) is 31.5 Å². The van der Waals surface area contributed by atoms with Gasteiger partial charge in [-0.3, -0.25) is 0 Å². The monoisotopic (exact) mass is 516 g/mol. The SMILES string of the molecule is CC(B(Br)Br)C(F)(F)C(F)(F)C(F)(F)C(F)(F)C(F)(F)C(F)(F)F. The molecule has 0 aliphatic rings. The van der Waals surface area contributed by atoms with Crippen molar-refractivity contribution in [2.75, 3.05) is 0 Å². The van der Waals surface area contributed by atoms with E-state index in [-0.39, 0.29) is 6.92 Å². The maximum atomic E-state index is 13.4. The van der Waals surface area contributed by atoms with Gasteiger partial charge in [0.2, 0.25) is 0 Å². The van der Waals surface area contributed by atoms with Crippen molar-refractivity contribution in [1.82, 2.24) is 0 Å². The first-order valence-electron chi connectivity index (χ1n) is 5.34. The molecule has 0 heterocycles. The second kappa shape index (κ2) is 6.37. The van der Waals surface area contributed by atoms with Gasteiger partial charge < -0.3 is 0 Å². The van der Waals surface area contributed by atoms with Gasteiger partial charge in [-0.2, -0.15) is 48.3 Å². The maximum Gasteiger partial charge on any atom is 0.460 e. The predicted molar refractivity (Wildman–Crippen MR) is 63.8 cm³/mol. The summed E-state index contributed by atoms with van der Waals surface area (Å²) in [6.45, 7) is 0.137. The number of hydrogen-bond donors (Lipinski definition) is 0. The summed E-state index contributed by atoms with van der Waals surface area (Å²) in [5.41, 5.74) is 0. The Kier molecular flexibility index (Phi) is 6.40. The van der Waals surface area contributed by atoms with Crippen molar-refractivity contribution in [3.8, 4) is 0 Å². The van der Waals surface area contributed by atoms with E-state index in [1.807, 2.05) is 0 Å². The highest BCUT2D eigenvalue weighted by Crippen LogP contribution is 2.62. The summed E-state index contributed by atoms with van der Waals surface area (Å²) in [5, 5.41) is 0. The molecule has 144 valence electrons. The Morgan fingerprint density at radius 3 is 1.12 bits per heavy atom. The van der Waals surface area contributed by atoms with Crippen LogP contribution >= 0.6 is 31.5 Å². The molecule has 1 unspecified atom stereocenters. The molecule has 0 radical (unpaired) electrons. The highest BCUT2D eigenvalue weighted by molar-refractivity contribution is 9.49. The summed E-state index contributed by atoms with van der Waals surface area (Å²) in [5.74, 6) is -39.6. The van der Waals surface area contributed by atoms with Crippen molar-refractivity contribution < 1.29 is 57.1 Å². The van der Waals surface area contributed by atoms with Gasteiger partial charge in [0.05, 0.1) is 0 Å². The van der Waals surface area contributed by atoms with E-state index in [9.17, 15) is 57.1 Å². The van der Waals surface area contributed by atoms with Gasteiger partial charge in [-0.05, 0) is 0 Å². The largest absolute Gasteiger partial charge is 0.460 e. The molecule has 0 saturated heterocycles. The highest BCUT2D eigenvalue weighted by atomic mass is 79.9. The van der Waals surface area contributed by atoms with Crippen LogP contribution in [0.3, 0.4) is 0 Å². The Morgan fingerprint density at radius 2 is 0.875 bits per heavy atom. The molecule has 0 amide bonds. The molecule has 0 aromatic rings. The summed E-state index contributed by atoms with van der Waals surface area (Å²) in [6, 6.07) is 0. The van der Waals surface area contributed by atoms with Gasteiger partial charge in [-0.15, -0.1) is 31.5 Å². The summed E-state index contributed by atoms with van der Waals surface area (Å²) in [7, 11) is 0. The molecule has 24 heavy (non-hydrogen) atoms. The zero-order valence-electron chi connectivity index (χ0n) is 10.8. The lowest BCUT2D eigenvalue weighted by Crippen LogP contribution is -2.70. The number of halogens is 15. The normalized spacial score (nSPS) is 17.0.